The van der Waals surface area contributed by atoms with E-state index in [2.05, 4.69) is 60.6 Å². The molecule has 1 aromatic rings. The number of rotatable bonds is 5. The molecule has 1 rings (SSSR count). The summed E-state index contributed by atoms with van der Waals surface area (Å²) in [6, 6.07) is 4.55. The standard InChI is InChI=1S/C21H34O2/c1-9-12-23-19(22)11-10-16-13-17(20(3,4)5)15(2)18(14-16)21(6,7)8/h13-14H,9-12H2,1-8H3. The van der Waals surface area contributed by atoms with E-state index >= 15 is 0 Å². The summed E-state index contributed by atoms with van der Waals surface area (Å²) in [5.41, 5.74) is 5.57. The smallest absolute Gasteiger partial charge is 0.306 e. The van der Waals surface area contributed by atoms with E-state index in [1.54, 1.807) is 0 Å². The molecule has 0 aliphatic rings. The molecule has 1 aromatic carbocycles. The summed E-state index contributed by atoms with van der Waals surface area (Å²) in [5, 5.41) is 0. The number of aryl methyl sites for hydroxylation is 1. The van der Waals surface area contributed by atoms with Gasteiger partial charge in [-0.05, 0) is 52.8 Å². The zero-order valence-corrected chi connectivity index (χ0v) is 16.3. The number of hydrogen-bond donors (Lipinski definition) is 0. The van der Waals surface area contributed by atoms with Gasteiger partial charge in [0, 0.05) is 6.42 Å². The van der Waals surface area contributed by atoms with Crippen LogP contribution in [0.2, 0.25) is 0 Å². The average molecular weight is 319 g/mol. The van der Waals surface area contributed by atoms with E-state index in [0.29, 0.717) is 13.0 Å². The molecule has 0 unspecified atom stereocenters. The third-order valence-corrected chi connectivity index (χ3v) is 4.17. The van der Waals surface area contributed by atoms with Gasteiger partial charge in [0.2, 0.25) is 0 Å². The van der Waals surface area contributed by atoms with Crippen LogP contribution in [-0.2, 0) is 26.8 Å². The highest BCUT2D eigenvalue weighted by Gasteiger charge is 2.24. The predicted octanol–water partition coefficient (Wildman–Crippen LogP) is 5.48. The molecule has 0 spiro atoms. The first-order chi connectivity index (χ1) is 10.5. The topological polar surface area (TPSA) is 26.3 Å². The van der Waals surface area contributed by atoms with Crippen molar-refractivity contribution in [3.63, 3.8) is 0 Å². The summed E-state index contributed by atoms with van der Waals surface area (Å²) < 4.78 is 5.19. The van der Waals surface area contributed by atoms with Gasteiger partial charge in [-0.3, -0.25) is 4.79 Å². The summed E-state index contributed by atoms with van der Waals surface area (Å²) in [5.74, 6) is -0.0953. The van der Waals surface area contributed by atoms with Gasteiger partial charge < -0.3 is 4.74 Å². The lowest BCUT2D eigenvalue weighted by Crippen LogP contribution is -2.20. The normalized spacial score (nSPS) is 12.3. The van der Waals surface area contributed by atoms with Crippen LogP contribution in [-0.4, -0.2) is 12.6 Å². The number of hydrogen-bond acceptors (Lipinski definition) is 2. The number of ether oxygens (including phenoxy) is 1. The molecule has 0 N–H and O–H groups in total. The van der Waals surface area contributed by atoms with Gasteiger partial charge >= 0.3 is 5.97 Å². The van der Waals surface area contributed by atoms with E-state index in [0.717, 1.165) is 12.8 Å². The van der Waals surface area contributed by atoms with Crippen LogP contribution in [0.3, 0.4) is 0 Å². The van der Waals surface area contributed by atoms with Crippen LogP contribution in [0.4, 0.5) is 0 Å². The Morgan fingerprint density at radius 1 is 1.00 bits per heavy atom. The highest BCUT2D eigenvalue weighted by molar-refractivity contribution is 5.69. The first kappa shape index (κ1) is 19.7. The lowest BCUT2D eigenvalue weighted by molar-refractivity contribution is -0.143. The fourth-order valence-corrected chi connectivity index (χ4v) is 3.01. The summed E-state index contributed by atoms with van der Waals surface area (Å²) in [7, 11) is 0. The highest BCUT2D eigenvalue weighted by atomic mass is 16.5. The van der Waals surface area contributed by atoms with Gasteiger partial charge in [-0.15, -0.1) is 0 Å². The summed E-state index contributed by atoms with van der Waals surface area (Å²) in [6.07, 6.45) is 2.07. The van der Waals surface area contributed by atoms with Crippen molar-refractivity contribution in [3.8, 4) is 0 Å². The summed E-state index contributed by atoms with van der Waals surface area (Å²) >= 11 is 0. The molecule has 0 atom stereocenters. The predicted molar refractivity (Wildman–Crippen MR) is 98.2 cm³/mol. The van der Waals surface area contributed by atoms with E-state index in [4.69, 9.17) is 4.74 Å². The van der Waals surface area contributed by atoms with E-state index in [1.807, 2.05) is 6.92 Å². The van der Waals surface area contributed by atoms with Crippen LogP contribution in [0.25, 0.3) is 0 Å². The lowest BCUT2D eigenvalue weighted by Gasteiger charge is -2.30. The molecule has 2 nitrogen and oxygen atoms in total. The van der Waals surface area contributed by atoms with Gasteiger partial charge in [-0.2, -0.15) is 0 Å². The van der Waals surface area contributed by atoms with Crippen LogP contribution in [0.1, 0.15) is 83.6 Å². The van der Waals surface area contributed by atoms with E-state index < -0.39 is 0 Å². The fraction of sp³-hybridized carbons (Fsp3) is 0.667. The van der Waals surface area contributed by atoms with Crippen LogP contribution >= 0.6 is 0 Å². The molecule has 0 fully saturated rings. The van der Waals surface area contributed by atoms with Gasteiger partial charge in [-0.25, -0.2) is 0 Å². The summed E-state index contributed by atoms with van der Waals surface area (Å²) in [4.78, 5) is 11.8. The van der Waals surface area contributed by atoms with Gasteiger partial charge in [0.25, 0.3) is 0 Å². The Kier molecular flexibility index (Phi) is 6.44. The van der Waals surface area contributed by atoms with Crippen molar-refractivity contribution in [2.75, 3.05) is 6.61 Å². The second-order valence-corrected chi connectivity index (χ2v) is 8.54. The van der Waals surface area contributed by atoms with Crippen LogP contribution in [0.5, 0.6) is 0 Å². The Morgan fingerprint density at radius 3 is 1.87 bits per heavy atom. The zero-order valence-electron chi connectivity index (χ0n) is 16.3. The Morgan fingerprint density at radius 2 is 1.48 bits per heavy atom. The first-order valence-corrected chi connectivity index (χ1v) is 8.77. The third-order valence-electron chi connectivity index (χ3n) is 4.17. The maximum absolute atomic E-state index is 11.8. The van der Waals surface area contributed by atoms with Crippen molar-refractivity contribution in [2.45, 2.75) is 85.5 Å². The molecule has 0 aromatic heterocycles. The highest BCUT2D eigenvalue weighted by Crippen LogP contribution is 2.34. The molecular weight excluding hydrogens is 284 g/mol. The zero-order chi connectivity index (χ0) is 17.8. The molecule has 0 radical (unpaired) electrons. The molecule has 0 saturated heterocycles. The molecule has 0 heterocycles. The van der Waals surface area contributed by atoms with Crippen molar-refractivity contribution >= 4 is 5.97 Å². The molecule has 0 aliphatic carbocycles. The summed E-state index contributed by atoms with van der Waals surface area (Å²) in [6.45, 7) is 18.3. The Balaban J connectivity index is 3.11. The molecular formula is C21H34O2. The van der Waals surface area contributed by atoms with Crippen LogP contribution in [0, 0.1) is 6.92 Å². The number of esters is 1. The first-order valence-electron chi connectivity index (χ1n) is 8.77. The largest absolute Gasteiger partial charge is 0.466 e. The maximum atomic E-state index is 11.8. The minimum Gasteiger partial charge on any atom is -0.466 e. The third kappa shape index (κ3) is 5.67. The number of carbonyl (C=O) groups excluding carboxylic acids is 1. The van der Waals surface area contributed by atoms with Crippen LogP contribution < -0.4 is 0 Å². The Hall–Kier alpha value is -1.31. The van der Waals surface area contributed by atoms with E-state index in [-0.39, 0.29) is 16.8 Å². The quantitative estimate of drug-likeness (QED) is 0.672. The molecule has 0 saturated carbocycles. The molecule has 130 valence electrons. The van der Waals surface area contributed by atoms with Crippen molar-refractivity contribution in [1.29, 1.82) is 0 Å². The second-order valence-electron chi connectivity index (χ2n) is 8.54. The van der Waals surface area contributed by atoms with Gasteiger partial charge in [0.15, 0.2) is 0 Å². The Labute approximate surface area is 142 Å². The molecule has 0 aliphatic heterocycles. The molecule has 2 heteroatoms. The number of carbonyl (C=O) groups is 1. The van der Waals surface area contributed by atoms with Crippen molar-refractivity contribution in [3.05, 3.63) is 34.4 Å². The minimum atomic E-state index is -0.0953. The second kappa shape index (κ2) is 7.51. The lowest BCUT2D eigenvalue weighted by atomic mass is 9.75. The van der Waals surface area contributed by atoms with Crippen molar-refractivity contribution < 1.29 is 9.53 Å². The number of benzene rings is 1. The monoisotopic (exact) mass is 318 g/mol. The molecule has 0 amide bonds. The van der Waals surface area contributed by atoms with Gasteiger partial charge in [0.05, 0.1) is 6.61 Å². The van der Waals surface area contributed by atoms with Crippen molar-refractivity contribution in [1.82, 2.24) is 0 Å². The van der Waals surface area contributed by atoms with Crippen molar-refractivity contribution in [2.24, 2.45) is 0 Å². The minimum absolute atomic E-state index is 0.0953. The maximum Gasteiger partial charge on any atom is 0.306 e. The van der Waals surface area contributed by atoms with E-state index in [1.165, 1.54) is 22.3 Å². The van der Waals surface area contributed by atoms with Gasteiger partial charge in [-0.1, -0.05) is 60.6 Å². The Bertz CT molecular complexity index is 507. The fourth-order valence-electron chi connectivity index (χ4n) is 3.01. The molecule has 0 bridgehead atoms. The van der Waals surface area contributed by atoms with Crippen LogP contribution in [0.15, 0.2) is 12.1 Å². The van der Waals surface area contributed by atoms with E-state index in [9.17, 15) is 4.79 Å². The SMILES string of the molecule is CCCOC(=O)CCc1cc(C(C)(C)C)c(C)c(C(C)(C)C)c1. The molecule has 23 heavy (non-hydrogen) atoms. The average Bonchev–Trinajstić information content (AvgIpc) is 2.41. The van der Waals surface area contributed by atoms with Gasteiger partial charge in [0.1, 0.15) is 0 Å².